The molecule has 0 aromatic carbocycles. The van der Waals surface area contributed by atoms with Gasteiger partial charge in [-0.3, -0.25) is 4.79 Å². The van der Waals surface area contributed by atoms with Gasteiger partial charge in [-0.25, -0.2) is 0 Å². The van der Waals surface area contributed by atoms with Crippen LogP contribution in [0.3, 0.4) is 0 Å². The highest BCUT2D eigenvalue weighted by Crippen LogP contribution is 2.12. The van der Waals surface area contributed by atoms with Crippen molar-refractivity contribution in [3.63, 3.8) is 0 Å². The van der Waals surface area contributed by atoms with Crippen LogP contribution in [0, 0.1) is 11.3 Å². The van der Waals surface area contributed by atoms with Gasteiger partial charge >= 0.3 is 0 Å². The predicted octanol–water partition coefficient (Wildman–Crippen LogP) is 0.997. The van der Waals surface area contributed by atoms with Crippen LogP contribution in [-0.2, 0) is 18.4 Å². The van der Waals surface area contributed by atoms with E-state index in [1.165, 1.54) is 0 Å². The van der Waals surface area contributed by atoms with Crippen LogP contribution in [0.15, 0.2) is 12.3 Å². The molecule has 0 radical (unpaired) electrons. The third kappa shape index (κ3) is 3.36. The minimum absolute atomic E-state index is 0.167. The van der Waals surface area contributed by atoms with Crippen LogP contribution in [0.2, 0.25) is 0 Å². The number of aryl methyl sites for hydroxylation is 1. The van der Waals surface area contributed by atoms with Crippen molar-refractivity contribution in [3.8, 4) is 6.07 Å². The van der Waals surface area contributed by atoms with Crippen LogP contribution in [0.25, 0.3) is 0 Å². The molecule has 2 rings (SSSR count). The Morgan fingerprint density at radius 3 is 2.74 bits per heavy atom. The van der Waals surface area contributed by atoms with Gasteiger partial charge in [0.05, 0.1) is 0 Å². The summed E-state index contributed by atoms with van der Waals surface area (Å²) in [6, 6.07) is 4.54. The Kier molecular flexibility index (Phi) is 4.23. The first-order valence-electron chi connectivity index (χ1n) is 6.64. The number of amides is 1. The Hall–Kier alpha value is -1.80. The van der Waals surface area contributed by atoms with Crippen LogP contribution in [0.4, 0.5) is 0 Å². The Bertz CT molecular complexity index is 492. The Morgan fingerprint density at radius 2 is 2.21 bits per heavy atom. The van der Waals surface area contributed by atoms with Gasteiger partial charge in [0.1, 0.15) is 11.8 Å². The maximum absolute atomic E-state index is 11.2. The first-order chi connectivity index (χ1) is 9.10. The number of rotatable bonds is 3. The monoisotopic (exact) mass is 260 g/mol. The largest absolute Gasteiger partial charge is 0.343 e. The third-order valence-corrected chi connectivity index (χ3v) is 3.71. The van der Waals surface area contributed by atoms with Crippen molar-refractivity contribution >= 4 is 5.91 Å². The van der Waals surface area contributed by atoms with Crippen molar-refractivity contribution < 1.29 is 4.79 Å². The van der Waals surface area contributed by atoms with E-state index < -0.39 is 0 Å². The van der Waals surface area contributed by atoms with E-state index in [4.69, 9.17) is 5.26 Å². The molecule has 19 heavy (non-hydrogen) atoms. The number of carbonyl (C=O) groups excluding carboxylic acids is 1. The normalized spacial score (nSPS) is 16.4. The molecule has 5 heteroatoms. The van der Waals surface area contributed by atoms with E-state index >= 15 is 0 Å². The first-order valence-corrected chi connectivity index (χ1v) is 6.64. The van der Waals surface area contributed by atoms with Gasteiger partial charge in [-0.05, 0) is 24.5 Å². The maximum atomic E-state index is 11.2. The van der Waals surface area contributed by atoms with E-state index in [0.29, 0.717) is 11.7 Å². The molecule has 1 fully saturated rings. The van der Waals surface area contributed by atoms with Gasteiger partial charge in [0.15, 0.2) is 0 Å². The average Bonchev–Trinajstić information content (AvgIpc) is 2.77. The molecule has 1 aliphatic rings. The Balaban J connectivity index is 1.80. The number of carbonyl (C=O) groups is 1. The molecule has 0 saturated carbocycles. The Labute approximate surface area is 113 Å². The minimum Gasteiger partial charge on any atom is -0.343 e. The molecule has 1 saturated heterocycles. The van der Waals surface area contributed by atoms with Gasteiger partial charge < -0.3 is 14.8 Å². The van der Waals surface area contributed by atoms with Crippen LogP contribution < -0.4 is 5.32 Å². The molecule has 1 amide bonds. The van der Waals surface area contributed by atoms with E-state index in [1.54, 1.807) is 6.92 Å². The van der Waals surface area contributed by atoms with Gasteiger partial charge in [0.2, 0.25) is 5.91 Å². The zero-order valence-electron chi connectivity index (χ0n) is 11.5. The molecule has 5 nitrogen and oxygen atoms in total. The van der Waals surface area contributed by atoms with Crippen molar-refractivity contribution in [3.05, 3.63) is 23.5 Å². The quantitative estimate of drug-likeness (QED) is 0.882. The van der Waals surface area contributed by atoms with E-state index in [9.17, 15) is 4.79 Å². The first kappa shape index (κ1) is 13.6. The summed E-state index contributed by atoms with van der Waals surface area (Å²) >= 11 is 0. The highest BCUT2D eigenvalue weighted by Gasteiger charge is 2.20. The van der Waals surface area contributed by atoms with Crippen LogP contribution in [-0.4, -0.2) is 34.5 Å². The molecular weight excluding hydrogens is 240 g/mol. The number of nitriles is 1. The van der Waals surface area contributed by atoms with Crippen LogP contribution >= 0.6 is 0 Å². The molecule has 0 atom stereocenters. The molecule has 1 aliphatic heterocycles. The van der Waals surface area contributed by atoms with Gasteiger partial charge in [-0.1, -0.05) is 0 Å². The highest BCUT2D eigenvalue weighted by molar-refractivity contribution is 5.73. The molecule has 0 unspecified atom stereocenters. The standard InChI is InChI=1S/C14H20N4O/c1-11(19)18-5-3-13(4-6-18)16-9-12-7-14(8-15)17(2)10-12/h7,10,13,16H,3-6,9H2,1-2H3. The van der Waals surface area contributed by atoms with Crippen LogP contribution in [0.5, 0.6) is 0 Å². The van der Waals surface area contributed by atoms with Crippen LogP contribution in [0.1, 0.15) is 31.0 Å². The van der Waals surface area contributed by atoms with E-state index in [2.05, 4.69) is 11.4 Å². The maximum Gasteiger partial charge on any atom is 0.219 e. The molecule has 102 valence electrons. The van der Waals surface area contributed by atoms with E-state index in [1.807, 2.05) is 28.8 Å². The molecule has 0 spiro atoms. The fourth-order valence-corrected chi connectivity index (χ4v) is 2.50. The molecular formula is C14H20N4O. The summed E-state index contributed by atoms with van der Waals surface area (Å²) in [4.78, 5) is 13.1. The number of nitrogens with one attached hydrogen (secondary N) is 1. The molecule has 1 N–H and O–H groups in total. The van der Waals surface area contributed by atoms with Gasteiger partial charge in [0, 0.05) is 45.8 Å². The zero-order chi connectivity index (χ0) is 13.8. The summed E-state index contributed by atoms with van der Waals surface area (Å²) in [5.41, 5.74) is 1.82. The molecule has 1 aromatic rings. The number of likely N-dealkylation sites (tertiary alicyclic amines) is 1. The molecule has 2 heterocycles. The number of piperidine rings is 1. The molecule has 0 aliphatic carbocycles. The number of aromatic nitrogens is 1. The van der Waals surface area contributed by atoms with Gasteiger partial charge in [0.25, 0.3) is 0 Å². The zero-order valence-corrected chi connectivity index (χ0v) is 11.5. The lowest BCUT2D eigenvalue weighted by atomic mass is 10.0. The summed E-state index contributed by atoms with van der Waals surface area (Å²) in [7, 11) is 1.88. The SMILES string of the molecule is CC(=O)N1CCC(NCc2cc(C#N)n(C)c2)CC1. The number of hydrogen-bond acceptors (Lipinski definition) is 3. The van der Waals surface area contributed by atoms with Crippen molar-refractivity contribution in [1.82, 2.24) is 14.8 Å². The van der Waals surface area contributed by atoms with Crippen molar-refractivity contribution in [2.24, 2.45) is 7.05 Å². The lowest BCUT2D eigenvalue weighted by Crippen LogP contribution is -2.43. The fourth-order valence-electron chi connectivity index (χ4n) is 2.50. The lowest BCUT2D eigenvalue weighted by molar-refractivity contribution is -0.129. The second kappa shape index (κ2) is 5.89. The summed E-state index contributed by atoms with van der Waals surface area (Å²) < 4.78 is 1.84. The van der Waals surface area contributed by atoms with Gasteiger partial charge in [-0.2, -0.15) is 5.26 Å². The van der Waals surface area contributed by atoms with Crippen molar-refractivity contribution in [2.45, 2.75) is 32.4 Å². The second-order valence-corrected chi connectivity index (χ2v) is 5.12. The minimum atomic E-state index is 0.167. The van der Waals surface area contributed by atoms with E-state index in [-0.39, 0.29) is 5.91 Å². The predicted molar refractivity (Wildman–Crippen MR) is 72.2 cm³/mol. The number of nitrogens with zero attached hydrogens (tertiary/aromatic N) is 3. The van der Waals surface area contributed by atoms with Crippen molar-refractivity contribution in [1.29, 1.82) is 5.26 Å². The average molecular weight is 260 g/mol. The highest BCUT2D eigenvalue weighted by atomic mass is 16.2. The summed E-state index contributed by atoms with van der Waals surface area (Å²) in [5.74, 6) is 0.167. The summed E-state index contributed by atoms with van der Waals surface area (Å²) in [6.07, 6.45) is 3.98. The van der Waals surface area contributed by atoms with Crippen molar-refractivity contribution in [2.75, 3.05) is 13.1 Å². The summed E-state index contributed by atoms with van der Waals surface area (Å²) in [6.45, 7) is 4.08. The lowest BCUT2D eigenvalue weighted by Gasteiger charge is -2.31. The molecule has 0 bridgehead atoms. The topological polar surface area (TPSA) is 61.1 Å². The Morgan fingerprint density at radius 1 is 1.53 bits per heavy atom. The fraction of sp³-hybridized carbons (Fsp3) is 0.571. The van der Waals surface area contributed by atoms with E-state index in [0.717, 1.165) is 38.0 Å². The smallest absolute Gasteiger partial charge is 0.219 e. The third-order valence-electron chi connectivity index (χ3n) is 3.71. The summed E-state index contributed by atoms with van der Waals surface area (Å²) in [5, 5.41) is 12.4. The second-order valence-electron chi connectivity index (χ2n) is 5.12. The van der Waals surface area contributed by atoms with Gasteiger partial charge in [-0.15, -0.1) is 0 Å². The molecule has 1 aromatic heterocycles. The number of hydrogen-bond donors (Lipinski definition) is 1.